The first kappa shape index (κ1) is 19.8. The van der Waals surface area contributed by atoms with Crippen LogP contribution < -0.4 is 4.74 Å². The van der Waals surface area contributed by atoms with E-state index in [2.05, 4.69) is 31.9 Å². The molecule has 2 atom stereocenters. The first-order chi connectivity index (χ1) is 14.5. The van der Waals surface area contributed by atoms with Crippen molar-refractivity contribution in [1.82, 2.24) is 5.01 Å². The quantitative estimate of drug-likeness (QED) is 0.347. The fourth-order valence-corrected chi connectivity index (χ4v) is 4.57. The minimum atomic E-state index is -0.824. The molecule has 0 saturated heterocycles. The number of Topliss-reactive ketones (excluding diaryl/α,β-unsaturated/α-hetero) is 1. The summed E-state index contributed by atoms with van der Waals surface area (Å²) in [7, 11) is 0. The van der Waals surface area contributed by atoms with Gasteiger partial charge in [-0.05, 0) is 48.0 Å². The minimum absolute atomic E-state index is 0.0821. The number of hydrazone groups is 1. The van der Waals surface area contributed by atoms with Crippen molar-refractivity contribution in [2.45, 2.75) is 18.7 Å². The molecule has 150 valence electrons. The fraction of sp³-hybridized carbons (Fsp3) is 0.130. The molecule has 0 saturated carbocycles. The number of nitrogens with zero attached hydrogens (tertiary/aromatic N) is 2. The monoisotopic (exact) mass is 544 g/mol. The van der Waals surface area contributed by atoms with Gasteiger partial charge in [0.2, 0.25) is 5.78 Å². The Morgan fingerprint density at radius 2 is 1.70 bits per heavy atom. The Hall–Kier alpha value is -2.15. The lowest BCUT2D eigenvalue weighted by molar-refractivity contribution is -0.00459. The fourth-order valence-electron chi connectivity index (χ4n) is 3.80. The molecule has 0 radical (unpaired) electrons. The van der Waals surface area contributed by atoms with E-state index in [-0.39, 0.29) is 11.8 Å². The van der Waals surface area contributed by atoms with Gasteiger partial charge in [0.25, 0.3) is 6.23 Å². The van der Waals surface area contributed by atoms with Gasteiger partial charge < -0.3 is 4.74 Å². The van der Waals surface area contributed by atoms with Crippen LogP contribution in [0.5, 0.6) is 5.75 Å². The maximum Gasteiger partial charge on any atom is 0.251 e. The SMILES string of the molecule is O=C(c1ccc(Br)cc1)[C@H]1Oc2ccc(Br)cc2[C@H]2CC(c3ccc(Cl)cc3)=NN12. The second-order valence-corrected chi connectivity index (χ2v) is 9.44. The zero-order valence-electron chi connectivity index (χ0n) is 15.6. The number of ether oxygens (including phenoxy) is 1. The van der Waals surface area contributed by atoms with E-state index in [9.17, 15) is 4.79 Å². The van der Waals surface area contributed by atoms with E-state index >= 15 is 0 Å². The standard InChI is InChI=1S/C23H15Br2ClN2O2/c24-15-5-1-14(2-6-15)22(29)23-28-20(18-11-16(25)7-10-21(18)30-23)12-19(27-28)13-3-8-17(26)9-4-13/h1-11,20,23H,12H2/t20-,23-/m1/s1. The second-order valence-electron chi connectivity index (χ2n) is 7.18. The summed E-state index contributed by atoms with van der Waals surface area (Å²) < 4.78 is 8.04. The van der Waals surface area contributed by atoms with Crippen LogP contribution in [0.3, 0.4) is 0 Å². The van der Waals surface area contributed by atoms with E-state index in [4.69, 9.17) is 21.4 Å². The van der Waals surface area contributed by atoms with Gasteiger partial charge in [-0.2, -0.15) is 5.10 Å². The van der Waals surface area contributed by atoms with Crippen LogP contribution >= 0.6 is 43.5 Å². The Bertz CT molecular complexity index is 1160. The number of ketones is 1. The van der Waals surface area contributed by atoms with Crippen molar-refractivity contribution in [2.75, 3.05) is 0 Å². The maximum absolute atomic E-state index is 13.3. The first-order valence-electron chi connectivity index (χ1n) is 9.37. The average molecular weight is 547 g/mol. The summed E-state index contributed by atoms with van der Waals surface area (Å²) in [5.74, 6) is 0.588. The topological polar surface area (TPSA) is 41.9 Å². The normalized spacial score (nSPS) is 19.6. The minimum Gasteiger partial charge on any atom is -0.461 e. The molecule has 7 heteroatoms. The molecule has 2 aliphatic heterocycles. The Balaban J connectivity index is 1.57. The van der Waals surface area contributed by atoms with E-state index in [1.54, 1.807) is 17.1 Å². The Morgan fingerprint density at radius 1 is 1.00 bits per heavy atom. The summed E-state index contributed by atoms with van der Waals surface area (Å²) in [6.45, 7) is 0. The van der Waals surface area contributed by atoms with Crippen molar-refractivity contribution < 1.29 is 9.53 Å². The van der Waals surface area contributed by atoms with Gasteiger partial charge in [0.15, 0.2) is 0 Å². The van der Waals surface area contributed by atoms with Crippen LogP contribution in [0.15, 0.2) is 80.8 Å². The lowest BCUT2D eigenvalue weighted by Gasteiger charge is -2.37. The third-order valence-electron chi connectivity index (χ3n) is 5.28. The summed E-state index contributed by atoms with van der Waals surface area (Å²) in [4.78, 5) is 13.3. The number of rotatable bonds is 3. The molecule has 0 aromatic heterocycles. The zero-order chi connectivity index (χ0) is 20.8. The second kappa shape index (κ2) is 7.84. The van der Waals surface area contributed by atoms with Gasteiger partial charge >= 0.3 is 0 Å². The van der Waals surface area contributed by atoms with E-state index in [1.165, 1.54) is 0 Å². The highest BCUT2D eigenvalue weighted by Gasteiger charge is 2.43. The van der Waals surface area contributed by atoms with Crippen molar-refractivity contribution in [3.05, 3.63) is 97.4 Å². The molecule has 2 aliphatic rings. The molecule has 5 rings (SSSR count). The summed E-state index contributed by atoms with van der Waals surface area (Å²) in [6, 6.07) is 20.7. The molecular formula is C23H15Br2ClN2O2. The summed E-state index contributed by atoms with van der Waals surface area (Å²) in [5, 5.41) is 7.29. The van der Waals surface area contributed by atoms with Crippen molar-refractivity contribution in [2.24, 2.45) is 5.10 Å². The first-order valence-corrected chi connectivity index (χ1v) is 11.3. The van der Waals surface area contributed by atoms with Gasteiger partial charge in [-0.1, -0.05) is 67.7 Å². The van der Waals surface area contributed by atoms with Crippen molar-refractivity contribution in [3.63, 3.8) is 0 Å². The molecule has 2 heterocycles. The van der Waals surface area contributed by atoms with Gasteiger partial charge in [-0.3, -0.25) is 4.79 Å². The average Bonchev–Trinajstić information content (AvgIpc) is 3.19. The number of carbonyl (C=O) groups excluding carboxylic acids is 1. The number of hydrogen-bond acceptors (Lipinski definition) is 4. The molecule has 3 aromatic rings. The van der Waals surface area contributed by atoms with E-state index in [0.717, 1.165) is 25.8 Å². The highest BCUT2D eigenvalue weighted by molar-refractivity contribution is 9.10. The molecular weight excluding hydrogens is 532 g/mol. The summed E-state index contributed by atoms with van der Waals surface area (Å²) >= 11 is 13.0. The molecule has 0 N–H and O–H groups in total. The van der Waals surface area contributed by atoms with Gasteiger partial charge in [-0.25, -0.2) is 5.01 Å². The van der Waals surface area contributed by atoms with Gasteiger partial charge in [0, 0.05) is 31.5 Å². The third-order valence-corrected chi connectivity index (χ3v) is 6.56. The summed E-state index contributed by atoms with van der Waals surface area (Å²) in [6.07, 6.45) is -0.145. The van der Waals surface area contributed by atoms with Gasteiger partial charge in [0.05, 0.1) is 11.8 Å². The molecule has 0 aliphatic carbocycles. The third kappa shape index (κ3) is 3.57. The summed E-state index contributed by atoms with van der Waals surface area (Å²) in [5.41, 5.74) is 3.48. The zero-order valence-corrected chi connectivity index (χ0v) is 19.5. The molecule has 3 aromatic carbocycles. The molecule has 0 unspecified atom stereocenters. The molecule has 0 amide bonds. The van der Waals surface area contributed by atoms with Crippen LogP contribution in [0.1, 0.15) is 33.9 Å². The van der Waals surface area contributed by atoms with Gasteiger partial charge in [0.1, 0.15) is 5.75 Å². The molecule has 0 fully saturated rings. The number of benzene rings is 3. The van der Waals surface area contributed by atoms with Crippen molar-refractivity contribution in [3.8, 4) is 5.75 Å². The number of fused-ring (bicyclic) bond motifs is 3. The smallest absolute Gasteiger partial charge is 0.251 e. The van der Waals surface area contributed by atoms with E-state index < -0.39 is 6.23 Å². The van der Waals surface area contributed by atoms with Crippen LogP contribution in [0, 0.1) is 0 Å². The van der Waals surface area contributed by atoms with E-state index in [1.807, 2.05) is 54.6 Å². The molecule has 30 heavy (non-hydrogen) atoms. The van der Waals surface area contributed by atoms with E-state index in [0.29, 0.717) is 22.8 Å². The number of hydrogen-bond donors (Lipinski definition) is 0. The Labute approximate surface area is 195 Å². The van der Waals surface area contributed by atoms with Crippen LogP contribution in [0.2, 0.25) is 5.02 Å². The maximum atomic E-state index is 13.3. The largest absolute Gasteiger partial charge is 0.461 e. The van der Waals surface area contributed by atoms with Crippen LogP contribution in [0.25, 0.3) is 0 Å². The predicted molar refractivity (Wildman–Crippen MR) is 124 cm³/mol. The molecule has 4 nitrogen and oxygen atoms in total. The number of carbonyl (C=O) groups is 1. The Morgan fingerprint density at radius 3 is 2.43 bits per heavy atom. The highest BCUT2D eigenvalue weighted by atomic mass is 79.9. The molecule has 0 bridgehead atoms. The number of halogens is 3. The van der Waals surface area contributed by atoms with Crippen LogP contribution in [-0.4, -0.2) is 22.7 Å². The predicted octanol–water partition coefficient (Wildman–Crippen LogP) is 6.62. The molecule has 0 spiro atoms. The highest BCUT2D eigenvalue weighted by Crippen LogP contribution is 2.44. The Kier molecular flexibility index (Phi) is 5.17. The lowest BCUT2D eigenvalue weighted by atomic mass is 9.96. The van der Waals surface area contributed by atoms with Crippen molar-refractivity contribution in [1.29, 1.82) is 0 Å². The lowest BCUT2D eigenvalue weighted by Crippen LogP contribution is -2.45. The van der Waals surface area contributed by atoms with Gasteiger partial charge in [-0.15, -0.1) is 0 Å². The van der Waals surface area contributed by atoms with Crippen LogP contribution in [0.4, 0.5) is 0 Å². The van der Waals surface area contributed by atoms with Crippen LogP contribution in [-0.2, 0) is 0 Å². The van der Waals surface area contributed by atoms with Crippen molar-refractivity contribution >= 4 is 55.0 Å².